The number of carboxylic acid groups (broad SMARTS) is 1. The van der Waals surface area contributed by atoms with E-state index in [0.717, 1.165) is 0 Å². The smallest absolute Gasteiger partial charge is 0.327 e. The first kappa shape index (κ1) is 19.2. The van der Waals surface area contributed by atoms with Gasteiger partial charge in [-0.3, -0.25) is 19.2 Å². The summed E-state index contributed by atoms with van der Waals surface area (Å²) in [6.45, 7) is 3.51. The quantitative estimate of drug-likeness (QED) is 0.406. The number of carbonyl (C=O) groups excluding carboxylic acids is 4. The molecule has 2 fully saturated rings. The fraction of sp³-hybridized carbons (Fsp3) is 0.389. The van der Waals surface area contributed by atoms with E-state index >= 15 is 0 Å². The molecule has 0 saturated carbocycles. The predicted molar refractivity (Wildman–Crippen MR) is 103 cm³/mol. The van der Waals surface area contributed by atoms with E-state index in [9.17, 15) is 29.1 Å². The number of carbonyl (C=O) groups is 5. The first-order chi connectivity index (χ1) is 13.6. The van der Waals surface area contributed by atoms with E-state index in [4.69, 9.17) is 0 Å². The Morgan fingerprint density at radius 1 is 1.17 bits per heavy atom. The molecule has 0 radical (unpaired) electrons. The second-order valence-electron chi connectivity index (χ2n) is 7.58. The predicted octanol–water partition coefficient (Wildman–Crippen LogP) is 0.213. The van der Waals surface area contributed by atoms with Crippen LogP contribution in [0.5, 0.6) is 0 Å². The number of carboxylic acids is 1. The number of amides is 4. The zero-order valence-electron chi connectivity index (χ0n) is 15.5. The molecular formula is C18H18N4O6S. The Hall–Kier alpha value is -3.08. The first-order valence-electron chi connectivity index (χ1n) is 8.86. The van der Waals surface area contributed by atoms with Gasteiger partial charge in [-0.25, -0.2) is 4.79 Å². The molecule has 3 heterocycles. The van der Waals surface area contributed by atoms with Crippen molar-refractivity contribution in [1.82, 2.24) is 10.2 Å². The molecular weight excluding hydrogens is 400 g/mol. The third-order valence-electron chi connectivity index (χ3n) is 5.11. The van der Waals surface area contributed by atoms with Crippen molar-refractivity contribution >= 4 is 52.7 Å². The van der Waals surface area contributed by atoms with Gasteiger partial charge in [0.1, 0.15) is 23.9 Å². The van der Waals surface area contributed by atoms with Crippen molar-refractivity contribution in [2.75, 3.05) is 10.6 Å². The minimum atomic E-state index is -1.08. The lowest BCUT2D eigenvalue weighted by molar-refractivity contribution is -0.159. The number of thioether (sulfide) groups is 1. The van der Waals surface area contributed by atoms with Gasteiger partial charge in [0, 0.05) is 10.3 Å². The second-order valence-corrected chi connectivity index (χ2v) is 9.35. The Morgan fingerprint density at radius 2 is 1.83 bits per heavy atom. The van der Waals surface area contributed by atoms with Crippen LogP contribution in [0.15, 0.2) is 18.2 Å². The van der Waals surface area contributed by atoms with Gasteiger partial charge in [0.05, 0.1) is 11.4 Å². The molecule has 1 aromatic carbocycles. The molecule has 3 aliphatic heterocycles. The van der Waals surface area contributed by atoms with Crippen molar-refractivity contribution in [3.63, 3.8) is 0 Å². The number of rotatable bonds is 3. The molecule has 3 aliphatic rings. The highest BCUT2D eigenvalue weighted by atomic mass is 32.2. The zero-order valence-corrected chi connectivity index (χ0v) is 16.3. The number of benzene rings is 1. The molecule has 4 amide bonds. The Kier molecular flexibility index (Phi) is 4.30. The van der Waals surface area contributed by atoms with Crippen LogP contribution in [0, 0.1) is 0 Å². The van der Waals surface area contributed by atoms with Crippen LogP contribution in [0.4, 0.5) is 11.4 Å². The summed E-state index contributed by atoms with van der Waals surface area (Å²) in [6, 6.07) is 2.60. The molecule has 1 aromatic rings. The maximum absolute atomic E-state index is 12.7. The number of anilines is 2. The van der Waals surface area contributed by atoms with Crippen LogP contribution in [0.2, 0.25) is 0 Å². The van der Waals surface area contributed by atoms with Crippen LogP contribution in [0.1, 0.15) is 30.6 Å². The fourth-order valence-corrected chi connectivity index (χ4v) is 5.43. The van der Waals surface area contributed by atoms with E-state index in [2.05, 4.69) is 16.0 Å². The van der Waals surface area contributed by atoms with Crippen LogP contribution in [-0.2, 0) is 19.2 Å². The lowest BCUT2D eigenvalue weighted by Gasteiger charge is -2.43. The van der Waals surface area contributed by atoms with Crippen LogP contribution < -0.4 is 16.0 Å². The summed E-state index contributed by atoms with van der Waals surface area (Å²) in [5, 5.41) is 16.8. The molecule has 4 N–H and O–H groups in total. The lowest BCUT2D eigenvalue weighted by Crippen LogP contribution is -2.70. The Bertz CT molecular complexity index is 977. The van der Waals surface area contributed by atoms with Gasteiger partial charge >= 0.3 is 5.97 Å². The fourth-order valence-electron chi connectivity index (χ4n) is 3.80. The zero-order chi connectivity index (χ0) is 21.1. The number of aliphatic carboxylic acids is 1. The molecule has 10 nitrogen and oxygen atoms in total. The molecule has 0 aliphatic carbocycles. The highest BCUT2D eigenvalue weighted by molar-refractivity contribution is 8.01. The molecule has 0 aromatic heterocycles. The van der Waals surface area contributed by atoms with E-state index < -0.39 is 51.8 Å². The summed E-state index contributed by atoms with van der Waals surface area (Å²) in [5.41, 5.74) is 0.863. The van der Waals surface area contributed by atoms with Crippen LogP contribution in [0.3, 0.4) is 0 Å². The summed E-state index contributed by atoms with van der Waals surface area (Å²) < 4.78 is -0.682. The molecule has 11 heteroatoms. The molecule has 0 bridgehead atoms. The topological polar surface area (TPSA) is 145 Å². The first-order valence-corrected chi connectivity index (χ1v) is 9.74. The lowest BCUT2D eigenvalue weighted by atomic mass is 9.96. The van der Waals surface area contributed by atoms with Crippen LogP contribution >= 0.6 is 11.8 Å². The standard InChI is InChI=1S/C18H18N4O6S/c1-18(2)13(17(27)28)22-15(26)12(16(22)29-18)21-14(25)7-3-4-8-9(5-7)20-11(24)6-10(23)19-8/h3-5,12-13,16H,6H2,1-2H3,(H,19,23)(H,20,24)(H,21,25)(H,27,28)/t12-,13+,16-/m1/s1. The maximum Gasteiger partial charge on any atom is 0.327 e. The van der Waals surface area contributed by atoms with Gasteiger partial charge in [0.2, 0.25) is 17.7 Å². The third kappa shape index (κ3) is 3.11. The number of hydrogen-bond donors (Lipinski definition) is 4. The Morgan fingerprint density at radius 3 is 2.48 bits per heavy atom. The molecule has 0 unspecified atom stereocenters. The van der Waals surface area contributed by atoms with Gasteiger partial charge < -0.3 is 26.0 Å². The van der Waals surface area contributed by atoms with Gasteiger partial charge in [0.15, 0.2) is 0 Å². The van der Waals surface area contributed by atoms with Crippen LogP contribution in [0.25, 0.3) is 0 Å². The van der Waals surface area contributed by atoms with Crippen molar-refractivity contribution in [1.29, 1.82) is 0 Å². The average molecular weight is 418 g/mol. The van der Waals surface area contributed by atoms with E-state index in [1.807, 2.05) is 0 Å². The third-order valence-corrected chi connectivity index (χ3v) is 6.68. The molecule has 29 heavy (non-hydrogen) atoms. The van der Waals surface area contributed by atoms with Crippen molar-refractivity contribution in [3.05, 3.63) is 23.8 Å². The number of nitrogens with zero attached hydrogens (tertiary/aromatic N) is 1. The minimum absolute atomic E-state index is 0.198. The Balaban J connectivity index is 1.51. The number of nitrogens with one attached hydrogen (secondary N) is 3. The van der Waals surface area contributed by atoms with Crippen molar-refractivity contribution in [2.45, 2.75) is 42.5 Å². The van der Waals surface area contributed by atoms with E-state index in [-0.39, 0.29) is 17.7 Å². The van der Waals surface area contributed by atoms with E-state index in [0.29, 0.717) is 5.69 Å². The molecule has 152 valence electrons. The minimum Gasteiger partial charge on any atom is -0.480 e. The normalized spacial score (nSPS) is 27.0. The van der Waals surface area contributed by atoms with Gasteiger partial charge in [-0.15, -0.1) is 11.8 Å². The second kappa shape index (κ2) is 6.48. The number of hydrogen-bond acceptors (Lipinski definition) is 6. The van der Waals surface area contributed by atoms with Gasteiger partial charge in [-0.2, -0.15) is 0 Å². The maximum atomic E-state index is 12.7. The summed E-state index contributed by atoms with van der Waals surface area (Å²) >= 11 is 1.33. The highest BCUT2D eigenvalue weighted by Crippen LogP contribution is 2.50. The summed E-state index contributed by atoms with van der Waals surface area (Å²) in [7, 11) is 0. The average Bonchev–Trinajstić information content (AvgIpc) is 2.78. The van der Waals surface area contributed by atoms with Crippen molar-refractivity contribution < 1.29 is 29.1 Å². The summed E-state index contributed by atoms with van der Waals surface area (Å²) in [6.07, 6.45) is -0.317. The van der Waals surface area contributed by atoms with Crippen molar-refractivity contribution in [2.24, 2.45) is 0 Å². The highest BCUT2D eigenvalue weighted by Gasteiger charge is 2.64. The summed E-state index contributed by atoms with van der Waals surface area (Å²) in [5.74, 6) is -3.00. The number of β-lactam (4-membered cyclic amide) rings is 1. The Labute approximate surface area is 169 Å². The SMILES string of the molecule is CC1(C)S[C@@H]2[C@H](NC(=O)c3ccc4c(c3)NC(=O)CC(=O)N4)C(=O)N2[C@H]1C(=O)O. The van der Waals surface area contributed by atoms with Gasteiger partial charge in [-0.05, 0) is 32.0 Å². The van der Waals surface area contributed by atoms with Gasteiger partial charge in [-0.1, -0.05) is 0 Å². The van der Waals surface area contributed by atoms with Gasteiger partial charge in [0.25, 0.3) is 5.91 Å². The number of fused-ring (bicyclic) bond motifs is 2. The molecule has 4 rings (SSSR count). The van der Waals surface area contributed by atoms with Crippen molar-refractivity contribution in [3.8, 4) is 0 Å². The largest absolute Gasteiger partial charge is 0.480 e. The van der Waals surface area contributed by atoms with E-state index in [1.165, 1.54) is 34.9 Å². The van der Waals surface area contributed by atoms with E-state index in [1.54, 1.807) is 13.8 Å². The van der Waals surface area contributed by atoms with Crippen LogP contribution in [-0.4, -0.2) is 61.8 Å². The monoisotopic (exact) mass is 418 g/mol. The molecule has 0 spiro atoms. The molecule has 3 atom stereocenters. The summed E-state index contributed by atoms with van der Waals surface area (Å²) in [4.78, 5) is 61.3. The molecule has 2 saturated heterocycles.